The molecule has 0 bridgehead atoms. The number of alkyl halides is 3. The van der Waals surface area contributed by atoms with Gasteiger partial charge in [0.15, 0.2) is 0 Å². The molecule has 0 saturated heterocycles. The van der Waals surface area contributed by atoms with Crippen LogP contribution in [-0.4, -0.2) is 0 Å². The van der Waals surface area contributed by atoms with Gasteiger partial charge in [-0.1, -0.05) is 49.2 Å². The molecule has 112 valence electrons. The summed E-state index contributed by atoms with van der Waals surface area (Å²) in [4.78, 5) is 0. The molecule has 0 saturated carbocycles. The molecule has 5 heteroatoms. The second kappa shape index (κ2) is 5.90. The van der Waals surface area contributed by atoms with Crippen molar-refractivity contribution in [1.29, 1.82) is 0 Å². The van der Waals surface area contributed by atoms with E-state index in [1.165, 1.54) is 12.1 Å². The molecule has 0 atom stereocenters. The molecule has 21 heavy (non-hydrogen) atoms. The van der Waals surface area contributed by atoms with E-state index in [2.05, 4.69) is 0 Å². The first-order valence-corrected chi connectivity index (χ1v) is 7.12. The van der Waals surface area contributed by atoms with Gasteiger partial charge in [-0.2, -0.15) is 13.2 Å². The minimum Gasteiger partial charge on any atom is -0.166 e. The van der Waals surface area contributed by atoms with Gasteiger partial charge in [-0.05, 0) is 46.9 Å². The molecule has 0 aliphatic rings. The molecular formula is C16H13Cl2F3. The van der Waals surface area contributed by atoms with Gasteiger partial charge in [-0.3, -0.25) is 0 Å². The minimum absolute atomic E-state index is 0.221. The summed E-state index contributed by atoms with van der Waals surface area (Å²) in [5.41, 5.74) is 1.60. The zero-order chi connectivity index (χ0) is 15.8. The predicted octanol–water partition coefficient (Wildman–Crippen LogP) is 6.80. The smallest absolute Gasteiger partial charge is 0.166 e. The summed E-state index contributed by atoms with van der Waals surface area (Å²) < 4.78 is 38.2. The summed E-state index contributed by atoms with van der Waals surface area (Å²) in [5, 5.41) is 0.222. The van der Waals surface area contributed by atoms with E-state index in [1.807, 2.05) is 19.9 Å². The molecule has 2 rings (SSSR count). The van der Waals surface area contributed by atoms with E-state index in [9.17, 15) is 13.2 Å². The van der Waals surface area contributed by atoms with Gasteiger partial charge in [0.05, 0.1) is 10.6 Å². The van der Waals surface area contributed by atoms with E-state index in [1.54, 1.807) is 12.1 Å². The molecule has 0 spiro atoms. The molecule has 0 nitrogen and oxygen atoms in total. The zero-order valence-electron chi connectivity index (χ0n) is 11.4. The molecule has 0 aromatic heterocycles. The molecule has 0 fully saturated rings. The van der Waals surface area contributed by atoms with Crippen molar-refractivity contribution in [2.75, 3.05) is 0 Å². The standard InChI is InChI=1S/C16H13Cl2F3/c1-9(2)12-5-4-11(17)8-13(12)10-3-6-14(15(18)7-10)16(19,20)21/h3-9H,1-2H3. The highest BCUT2D eigenvalue weighted by Crippen LogP contribution is 2.38. The van der Waals surface area contributed by atoms with Crippen molar-refractivity contribution in [3.63, 3.8) is 0 Å². The maximum atomic E-state index is 12.7. The van der Waals surface area contributed by atoms with Crippen LogP contribution in [0.2, 0.25) is 10.0 Å². The Kier molecular flexibility index (Phi) is 4.54. The van der Waals surface area contributed by atoms with Crippen molar-refractivity contribution < 1.29 is 13.2 Å². The molecule has 0 heterocycles. The van der Waals surface area contributed by atoms with Gasteiger partial charge in [0.25, 0.3) is 0 Å². The number of benzene rings is 2. The number of hydrogen-bond acceptors (Lipinski definition) is 0. The van der Waals surface area contributed by atoms with Crippen LogP contribution in [0.15, 0.2) is 36.4 Å². The van der Waals surface area contributed by atoms with Crippen LogP contribution >= 0.6 is 23.2 Å². The molecule has 0 amide bonds. The summed E-state index contributed by atoms with van der Waals surface area (Å²) in [6.07, 6.45) is -4.45. The SMILES string of the molecule is CC(C)c1ccc(Cl)cc1-c1ccc(C(F)(F)F)c(Cl)c1. The van der Waals surface area contributed by atoms with Gasteiger partial charge in [-0.25, -0.2) is 0 Å². The zero-order valence-corrected chi connectivity index (χ0v) is 12.9. The quantitative estimate of drug-likeness (QED) is 0.567. The Morgan fingerprint density at radius 1 is 0.952 bits per heavy atom. The lowest BCUT2D eigenvalue weighted by molar-refractivity contribution is -0.137. The summed E-state index contributed by atoms with van der Waals surface area (Å²) in [6, 6.07) is 9.16. The summed E-state index contributed by atoms with van der Waals surface area (Å²) in [5.74, 6) is 0.221. The molecule has 0 unspecified atom stereocenters. The molecule has 2 aromatic rings. The highest BCUT2D eigenvalue weighted by Gasteiger charge is 2.33. The maximum Gasteiger partial charge on any atom is 0.417 e. The first-order valence-electron chi connectivity index (χ1n) is 6.36. The van der Waals surface area contributed by atoms with Gasteiger partial charge in [0.1, 0.15) is 0 Å². The third kappa shape index (κ3) is 3.53. The lowest BCUT2D eigenvalue weighted by atomic mass is 9.92. The van der Waals surface area contributed by atoms with Crippen molar-refractivity contribution in [3.8, 4) is 11.1 Å². The van der Waals surface area contributed by atoms with Gasteiger partial charge in [0, 0.05) is 5.02 Å². The summed E-state index contributed by atoms with van der Waals surface area (Å²) in [6.45, 7) is 4.02. The second-order valence-electron chi connectivity index (χ2n) is 5.08. The minimum atomic E-state index is -4.45. The van der Waals surface area contributed by atoms with Crippen molar-refractivity contribution in [1.82, 2.24) is 0 Å². The van der Waals surface area contributed by atoms with Crippen LogP contribution in [0.3, 0.4) is 0 Å². The average Bonchev–Trinajstić information content (AvgIpc) is 2.36. The average molecular weight is 333 g/mol. The van der Waals surface area contributed by atoms with Crippen molar-refractivity contribution >= 4 is 23.2 Å². The maximum absolute atomic E-state index is 12.7. The third-order valence-electron chi connectivity index (χ3n) is 3.22. The largest absolute Gasteiger partial charge is 0.417 e. The van der Waals surface area contributed by atoms with E-state index < -0.39 is 11.7 Å². The Balaban J connectivity index is 2.58. The van der Waals surface area contributed by atoms with Crippen molar-refractivity contribution in [3.05, 3.63) is 57.6 Å². The first-order chi connectivity index (χ1) is 9.70. The highest BCUT2D eigenvalue weighted by atomic mass is 35.5. The monoisotopic (exact) mass is 332 g/mol. The Hall–Kier alpha value is -1.19. The van der Waals surface area contributed by atoms with Crippen LogP contribution < -0.4 is 0 Å². The fourth-order valence-corrected chi connectivity index (χ4v) is 2.65. The van der Waals surface area contributed by atoms with Gasteiger partial charge >= 0.3 is 6.18 Å². The van der Waals surface area contributed by atoms with Crippen LogP contribution in [-0.2, 0) is 6.18 Å². The summed E-state index contributed by atoms with van der Waals surface area (Å²) in [7, 11) is 0. The topological polar surface area (TPSA) is 0 Å². The lowest BCUT2D eigenvalue weighted by Crippen LogP contribution is -2.05. The van der Waals surface area contributed by atoms with Gasteiger partial charge < -0.3 is 0 Å². The number of rotatable bonds is 2. The number of halogens is 5. The summed E-state index contributed by atoms with van der Waals surface area (Å²) >= 11 is 11.8. The molecular weight excluding hydrogens is 320 g/mol. The van der Waals surface area contributed by atoms with E-state index in [0.717, 1.165) is 17.2 Å². The predicted molar refractivity (Wildman–Crippen MR) is 81.0 cm³/mol. The fourth-order valence-electron chi connectivity index (χ4n) is 2.19. The Morgan fingerprint density at radius 2 is 1.62 bits per heavy atom. The van der Waals surface area contributed by atoms with Crippen LogP contribution in [0.4, 0.5) is 13.2 Å². The van der Waals surface area contributed by atoms with Crippen molar-refractivity contribution in [2.24, 2.45) is 0 Å². The van der Waals surface area contributed by atoms with Gasteiger partial charge in [0.2, 0.25) is 0 Å². The Morgan fingerprint density at radius 3 is 2.14 bits per heavy atom. The Bertz CT molecular complexity index is 661. The van der Waals surface area contributed by atoms with E-state index in [-0.39, 0.29) is 10.9 Å². The lowest BCUT2D eigenvalue weighted by Gasteiger charge is -2.15. The molecule has 0 radical (unpaired) electrons. The van der Waals surface area contributed by atoms with E-state index in [4.69, 9.17) is 23.2 Å². The molecule has 2 aromatic carbocycles. The molecule has 0 aliphatic heterocycles. The van der Waals surface area contributed by atoms with Crippen LogP contribution in [0, 0.1) is 0 Å². The number of hydrogen-bond donors (Lipinski definition) is 0. The van der Waals surface area contributed by atoms with E-state index in [0.29, 0.717) is 10.6 Å². The fraction of sp³-hybridized carbons (Fsp3) is 0.250. The van der Waals surface area contributed by atoms with Crippen LogP contribution in [0.5, 0.6) is 0 Å². The van der Waals surface area contributed by atoms with Crippen molar-refractivity contribution in [2.45, 2.75) is 25.9 Å². The molecule has 0 aliphatic carbocycles. The van der Waals surface area contributed by atoms with Crippen LogP contribution in [0.1, 0.15) is 30.9 Å². The first kappa shape index (κ1) is 16.2. The third-order valence-corrected chi connectivity index (χ3v) is 3.77. The van der Waals surface area contributed by atoms with E-state index >= 15 is 0 Å². The molecule has 0 N–H and O–H groups in total. The van der Waals surface area contributed by atoms with Gasteiger partial charge in [-0.15, -0.1) is 0 Å². The Labute approximate surface area is 131 Å². The second-order valence-corrected chi connectivity index (χ2v) is 5.92. The highest BCUT2D eigenvalue weighted by molar-refractivity contribution is 6.32. The normalized spacial score (nSPS) is 12.0. The van der Waals surface area contributed by atoms with Crippen LogP contribution in [0.25, 0.3) is 11.1 Å².